The molecule has 5 heteroatoms. The number of hydrogen-bond acceptors (Lipinski definition) is 2. The largest absolute Gasteiger partial charge is 0.322 e. The Morgan fingerprint density at radius 1 is 1.38 bits per heavy atom. The number of carbonyl (C=O) groups excluding carboxylic acids is 1. The van der Waals surface area contributed by atoms with E-state index in [0.717, 1.165) is 17.8 Å². The van der Waals surface area contributed by atoms with E-state index in [4.69, 9.17) is 0 Å². The van der Waals surface area contributed by atoms with Gasteiger partial charge in [0.2, 0.25) is 5.91 Å². The molecule has 1 heterocycles. The minimum absolute atomic E-state index is 0.0858. The highest BCUT2D eigenvalue weighted by Gasteiger charge is 2.19. The monoisotopic (exact) mass is 201 g/mol. The summed E-state index contributed by atoms with van der Waals surface area (Å²) < 4.78 is 25.7. The standard InChI is InChI=1S/C8H5F2NOS/c9-4-1-5(10)8-6(2-4)13-3-7(12)11-8/h1-2H,3H2,(H,11,12). The third-order valence-electron chi connectivity index (χ3n) is 1.64. The van der Waals surface area contributed by atoms with Gasteiger partial charge in [0, 0.05) is 11.0 Å². The second-order valence-corrected chi connectivity index (χ2v) is 3.61. The van der Waals surface area contributed by atoms with Gasteiger partial charge in [0.25, 0.3) is 0 Å². The van der Waals surface area contributed by atoms with E-state index in [1.54, 1.807) is 0 Å². The molecule has 0 unspecified atom stereocenters. The SMILES string of the molecule is O=C1CSc2cc(F)cc(F)c2N1. The number of hydrogen-bond donors (Lipinski definition) is 1. The van der Waals surface area contributed by atoms with Gasteiger partial charge in [-0.3, -0.25) is 4.79 Å². The minimum atomic E-state index is -0.726. The molecule has 13 heavy (non-hydrogen) atoms. The van der Waals surface area contributed by atoms with E-state index in [1.807, 2.05) is 0 Å². The van der Waals surface area contributed by atoms with Crippen molar-refractivity contribution in [2.24, 2.45) is 0 Å². The van der Waals surface area contributed by atoms with E-state index in [9.17, 15) is 13.6 Å². The molecule has 2 nitrogen and oxygen atoms in total. The molecule has 0 saturated heterocycles. The predicted octanol–water partition coefficient (Wildman–Crippen LogP) is 2.01. The van der Waals surface area contributed by atoms with E-state index in [1.165, 1.54) is 6.07 Å². The van der Waals surface area contributed by atoms with Crippen molar-refractivity contribution < 1.29 is 13.6 Å². The molecule has 0 radical (unpaired) electrons. The second-order valence-electron chi connectivity index (χ2n) is 2.60. The van der Waals surface area contributed by atoms with Crippen LogP contribution in [0.5, 0.6) is 0 Å². The molecule has 1 aromatic carbocycles. The summed E-state index contributed by atoms with van der Waals surface area (Å²) in [5, 5.41) is 2.35. The Morgan fingerprint density at radius 3 is 2.92 bits per heavy atom. The van der Waals surface area contributed by atoms with Crippen molar-refractivity contribution in [2.75, 3.05) is 11.1 Å². The van der Waals surface area contributed by atoms with Crippen LogP contribution in [0.4, 0.5) is 14.5 Å². The zero-order valence-corrected chi connectivity index (χ0v) is 7.25. The first-order valence-electron chi connectivity index (χ1n) is 3.58. The lowest BCUT2D eigenvalue weighted by Gasteiger charge is -2.16. The van der Waals surface area contributed by atoms with Crippen LogP contribution < -0.4 is 5.32 Å². The van der Waals surface area contributed by atoms with Crippen LogP contribution in [-0.4, -0.2) is 11.7 Å². The van der Waals surface area contributed by atoms with Crippen LogP contribution in [-0.2, 0) is 4.79 Å². The van der Waals surface area contributed by atoms with Crippen molar-refractivity contribution in [1.29, 1.82) is 0 Å². The Balaban J connectivity index is 2.53. The van der Waals surface area contributed by atoms with E-state index in [-0.39, 0.29) is 17.3 Å². The number of rotatable bonds is 0. The summed E-state index contributed by atoms with van der Waals surface area (Å²) >= 11 is 1.13. The third-order valence-corrected chi connectivity index (χ3v) is 2.68. The van der Waals surface area contributed by atoms with Crippen molar-refractivity contribution >= 4 is 23.4 Å². The molecule has 0 aliphatic carbocycles. The van der Waals surface area contributed by atoms with Crippen LogP contribution in [0, 0.1) is 11.6 Å². The summed E-state index contributed by atoms with van der Waals surface area (Å²) in [6.07, 6.45) is 0. The quantitative estimate of drug-likeness (QED) is 0.695. The molecule has 2 rings (SSSR count). The number of halogens is 2. The first kappa shape index (κ1) is 8.50. The normalized spacial score (nSPS) is 15.1. The van der Waals surface area contributed by atoms with Gasteiger partial charge in [-0.1, -0.05) is 0 Å². The lowest BCUT2D eigenvalue weighted by Crippen LogP contribution is -2.19. The number of anilines is 1. The first-order chi connectivity index (χ1) is 6.16. The Morgan fingerprint density at radius 2 is 2.15 bits per heavy atom. The van der Waals surface area contributed by atoms with Crippen molar-refractivity contribution in [3.8, 4) is 0 Å². The zero-order chi connectivity index (χ0) is 9.42. The summed E-state index contributed by atoms with van der Waals surface area (Å²) in [6, 6.07) is 1.97. The van der Waals surface area contributed by atoms with Gasteiger partial charge in [-0.15, -0.1) is 11.8 Å². The second kappa shape index (κ2) is 2.99. The highest BCUT2D eigenvalue weighted by atomic mass is 32.2. The molecule has 1 N–H and O–H groups in total. The van der Waals surface area contributed by atoms with Gasteiger partial charge in [0.1, 0.15) is 5.82 Å². The highest BCUT2D eigenvalue weighted by molar-refractivity contribution is 8.00. The van der Waals surface area contributed by atoms with Crippen molar-refractivity contribution in [3.63, 3.8) is 0 Å². The molecule has 0 aromatic heterocycles. The molecular formula is C8H5F2NOS. The Hall–Kier alpha value is -1.10. The molecule has 1 aliphatic rings. The predicted molar refractivity (Wildman–Crippen MR) is 45.7 cm³/mol. The van der Waals surface area contributed by atoms with Gasteiger partial charge >= 0.3 is 0 Å². The number of fused-ring (bicyclic) bond motifs is 1. The van der Waals surface area contributed by atoms with E-state index in [0.29, 0.717) is 4.90 Å². The van der Waals surface area contributed by atoms with Crippen LogP contribution in [0.1, 0.15) is 0 Å². The van der Waals surface area contributed by atoms with E-state index >= 15 is 0 Å². The van der Waals surface area contributed by atoms with Gasteiger partial charge in [0.15, 0.2) is 5.82 Å². The first-order valence-corrected chi connectivity index (χ1v) is 4.57. The van der Waals surface area contributed by atoms with Crippen LogP contribution >= 0.6 is 11.8 Å². The average molecular weight is 201 g/mol. The molecule has 1 aromatic rings. The molecule has 0 spiro atoms. The fraction of sp³-hybridized carbons (Fsp3) is 0.125. The summed E-state index contributed by atoms with van der Waals surface area (Å²) in [5.74, 6) is -1.41. The smallest absolute Gasteiger partial charge is 0.234 e. The number of benzene rings is 1. The van der Waals surface area contributed by atoms with Crippen LogP contribution in [0.25, 0.3) is 0 Å². The maximum absolute atomic E-state index is 13.0. The fourth-order valence-electron chi connectivity index (χ4n) is 1.10. The fourth-order valence-corrected chi connectivity index (χ4v) is 1.95. The summed E-state index contributed by atoms with van der Waals surface area (Å²) in [4.78, 5) is 11.3. The van der Waals surface area contributed by atoms with Crippen molar-refractivity contribution in [1.82, 2.24) is 0 Å². The highest BCUT2D eigenvalue weighted by Crippen LogP contribution is 2.33. The zero-order valence-electron chi connectivity index (χ0n) is 6.43. The molecular weight excluding hydrogens is 196 g/mol. The number of nitrogens with one attached hydrogen (secondary N) is 1. The average Bonchev–Trinajstić information content (AvgIpc) is 2.06. The topological polar surface area (TPSA) is 29.1 Å². The van der Waals surface area contributed by atoms with E-state index in [2.05, 4.69) is 5.32 Å². The number of carbonyl (C=O) groups is 1. The summed E-state index contributed by atoms with van der Waals surface area (Å²) in [6.45, 7) is 0. The molecule has 1 aliphatic heterocycles. The lowest BCUT2D eigenvalue weighted by molar-refractivity contribution is -0.113. The molecule has 0 atom stereocenters. The molecule has 0 fully saturated rings. The van der Waals surface area contributed by atoms with Gasteiger partial charge in [-0.05, 0) is 6.07 Å². The Labute approximate surface area is 77.3 Å². The number of thioether (sulfide) groups is 1. The van der Waals surface area contributed by atoms with Crippen molar-refractivity contribution in [2.45, 2.75) is 4.90 Å². The number of amides is 1. The van der Waals surface area contributed by atoms with Gasteiger partial charge in [-0.2, -0.15) is 0 Å². The van der Waals surface area contributed by atoms with Gasteiger partial charge in [0.05, 0.1) is 11.4 Å². The lowest BCUT2D eigenvalue weighted by atomic mass is 10.3. The minimum Gasteiger partial charge on any atom is -0.322 e. The van der Waals surface area contributed by atoms with Crippen molar-refractivity contribution in [3.05, 3.63) is 23.8 Å². The van der Waals surface area contributed by atoms with Crippen LogP contribution in [0.3, 0.4) is 0 Å². The van der Waals surface area contributed by atoms with Gasteiger partial charge in [-0.25, -0.2) is 8.78 Å². The maximum atomic E-state index is 13.0. The third kappa shape index (κ3) is 1.51. The van der Waals surface area contributed by atoms with Crippen LogP contribution in [0.15, 0.2) is 17.0 Å². The molecule has 1 amide bonds. The Kier molecular flexibility index (Phi) is 1.95. The maximum Gasteiger partial charge on any atom is 0.234 e. The molecule has 0 saturated carbocycles. The summed E-state index contributed by atoms with van der Waals surface area (Å²) in [5.41, 5.74) is 0.0858. The van der Waals surface area contributed by atoms with Gasteiger partial charge < -0.3 is 5.32 Å². The summed E-state index contributed by atoms with van der Waals surface area (Å²) in [7, 11) is 0. The molecule has 68 valence electrons. The van der Waals surface area contributed by atoms with Crippen LogP contribution in [0.2, 0.25) is 0 Å². The molecule has 0 bridgehead atoms. The van der Waals surface area contributed by atoms with E-state index < -0.39 is 11.6 Å². The Bertz CT molecular complexity index is 381.